The van der Waals surface area contributed by atoms with Crippen LogP contribution in [0.3, 0.4) is 0 Å². The molecule has 2 saturated heterocycles. The number of nitrogens with zero attached hydrogens (tertiary/aromatic N) is 3. The van der Waals surface area contributed by atoms with E-state index in [4.69, 9.17) is 9.47 Å². The number of likely N-dealkylation sites (tertiary alicyclic amines) is 1. The highest BCUT2D eigenvalue weighted by atomic mass is 16.6. The lowest BCUT2D eigenvalue weighted by Crippen LogP contribution is -2.39. The Hall–Kier alpha value is -1.82. The van der Waals surface area contributed by atoms with Gasteiger partial charge in [-0.1, -0.05) is 6.07 Å². The van der Waals surface area contributed by atoms with Crippen LogP contribution in [0.1, 0.15) is 45.2 Å². The Balaban J connectivity index is 1.83. The van der Waals surface area contributed by atoms with Gasteiger partial charge in [-0.2, -0.15) is 0 Å². The van der Waals surface area contributed by atoms with E-state index >= 15 is 0 Å². The molecule has 132 valence electrons. The Labute approximate surface area is 143 Å². The molecule has 0 saturated carbocycles. The summed E-state index contributed by atoms with van der Waals surface area (Å²) in [6.45, 7) is 9.55. The van der Waals surface area contributed by atoms with Gasteiger partial charge in [0.05, 0.1) is 19.3 Å². The topological polar surface area (TPSA) is 54.9 Å². The molecule has 0 spiro atoms. The first-order chi connectivity index (χ1) is 11.5. The second-order valence-corrected chi connectivity index (χ2v) is 7.35. The van der Waals surface area contributed by atoms with Crippen LogP contribution in [-0.4, -0.2) is 54.4 Å². The molecule has 2 aliphatic rings. The number of hydrogen-bond acceptors (Lipinski definition) is 5. The van der Waals surface area contributed by atoms with Gasteiger partial charge in [0, 0.05) is 31.4 Å². The summed E-state index contributed by atoms with van der Waals surface area (Å²) in [6, 6.07) is 4.07. The average Bonchev–Trinajstić information content (AvgIpc) is 3.04. The highest BCUT2D eigenvalue weighted by molar-refractivity contribution is 5.70. The number of rotatable bonds is 2. The number of aromatic nitrogens is 1. The van der Waals surface area contributed by atoms with E-state index in [0.717, 1.165) is 57.1 Å². The van der Waals surface area contributed by atoms with Gasteiger partial charge in [-0.3, -0.25) is 0 Å². The van der Waals surface area contributed by atoms with Gasteiger partial charge in [0.1, 0.15) is 11.4 Å². The van der Waals surface area contributed by atoms with Crippen LogP contribution in [0.25, 0.3) is 0 Å². The van der Waals surface area contributed by atoms with Crippen molar-refractivity contribution in [2.24, 2.45) is 0 Å². The summed E-state index contributed by atoms with van der Waals surface area (Å²) < 4.78 is 11.0. The van der Waals surface area contributed by atoms with Crippen LogP contribution in [0.4, 0.5) is 10.6 Å². The third-order valence-electron chi connectivity index (χ3n) is 4.37. The quantitative estimate of drug-likeness (QED) is 0.833. The zero-order valence-electron chi connectivity index (χ0n) is 14.8. The maximum atomic E-state index is 12.6. The molecule has 0 bridgehead atoms. The van der Waals surface area contributed by atoms with Crippen molar-refractivity contribution in [1.82, 2.24) is 9.88 Å². The molecule has 6 heteroatoms. The van der Waals surface area contributed by atoms with Gasteiger partial charge >= 0.3 is 6.09 Å². The minimum absolute atomic E-state index is 0.0337. The average molecular weight is 333 g/mol. The highest BCUT2D eigenvalue weighted by Crippen LogP contribution is 2.37. The van der Waals surface area contributed by atoms with Gasteiger partial charge in [-0.05, 0) is 39.7 Å². The standard InChI is InChI=1S/C18H27N3O3/c1-18(2,3)24-17(22)21-9-5-7-15(21)14-6-4-8-19-16(14)20-10-12-23-13-11-20/h4,6,8,15H,5,7,9-13H2,1-3H3. The smallest absolute Gasteiger partial charge is 0.410 e. The molecule has 0 aliphatic carbocycles. The van der Waals surface area contributed by atoms with Gasteiger partial charge in [0.25, 0.3) is 0 Å². The van der Waals surface area contributed by atoms with Crippen molar-refractivity contribution in [1.29, 1.82) is 0 Å². The molecule has 1 aromatic heterocycles. The third kappa shape index (κ3) is 3.80. The lowest BCUT2D eigenvalue weighted by Gasteiger charge is -2.33. The second kappa shape index (κ2) is 6.97. The number of pyridine rings is 1. The van der Waals surface area contributed by atoms with Crippen molar-refractivity contribution < 1.29 is 14.3 Å². The fraction of sp³-hybridized carbons (Fsp3) is 0.667. The van der Waals surface area contributed by atoms with E-state index < -0.39 is 5.60 Å². The molecule has 6 nitrogen and oxygen atoms in total. The van der Waals surface area contributed by atoms with Crippen molar-refractivity contribution >= 4 is 11.9 Å². The van der Waals surface area contributed by atoms with Gasteiger partial charge < -0.3 is 19.3 Å². The molecule has 1 unspecified atom stereocenters. The highest BCUT2D eigenvalue weighted by Gasteiger charge is 2.35. The molecular formula is C18H27N3O3. The molecule has 3 rings (SSSR count). The lowest BCUT2D eigenvalue weighted by atomic mass is 10.0. The Kier molecular flexibility index (Phi) is 4.94. The summed E-state index contributed by atoms with van der Waals surface area (Å²) in [4.78, 5) is 21.3. The van der Waals surface area contributed by atoms with E-state index in [9.17, 15) is 4.79 Å². The zero-order chi connectivity index (χ0) is 17.2. The van der Waals surface area contributed by atoms with Crippen LogP contribution in [0.2, 0.25) is 0 Å². The van der Waals surface area contributed by atoms with Crippen molar-refractivity contribution in [3.63, 3.8) is 0 Å². The minimum Gasteiger partial charge on any atom is -0.444 e. The molecule has 1 atom stereocenters. The molecule has 1 aromatic rings. The van der Waals surface area contributed by atoms with Crippen molar-refractivity contribution in [3.05, 3.63) is 23.9 Å². The predicted octanol–water partition coefficient (Wildman–Crippen LogP) is 2.99. The summed E-state index contributed by atoms with van der Waals surface area (Å²) in [5.41, 5.74) is 0.634. The molecule has 0 radical (unpaired) electrons. The van der Waals surface area contributed by atoms with E-state index in [1.165, 1.54) is 0 Å². The summed E-state index contributed by atoms with van der Waals surface area (Å²) >= 11 is 0. The van der Waals surface area contributed by atoms with Gasteiger partial charge in [-0.25, -0.2) is 9.78 Å². The normalized spacial score (nSPS) is 21.9. The molecule has 1 amide bonds. The molecule has 2 aliphatic heterocycles. The fourth-order valence-electron chi connectivity index (χ4n) is 3.34. The van der Waals surface area contributed by atoms with Gasteiger partial charge in [0.2, 0.25) is 0 Å². The molecule has 0 aromatic carbocycles. The van der Waals surface area contributed by atoms with E-state index in [1.54, 1.807) is 0 Å². The zero-order valence-corrected chi connectivity index (χ0v) is 14.8. The number of carbonyl (C=O) groups is 1. The lowest BCUT2D eigenvalue weighted by molar-refractivity contribution is 0.0224. The maximum Gasteiger partial charge on any atom is 0.410 e. The minimum atomic E-state index is -0.480. The summed E-state index contributed by atoms with van der Waals surface area (Å²) in [5.74, 6) is 0.973. The van der Waals surface area contributed by atoms with E-state index in [1.807, 2.05) is 37.9 Å². The number of carbonyl (C=O) groups excluding carboxylic acids is 1. The number of anilines is 1. The van der Waals surface area contributed by atoms with Gasteiger partial charge in [-0.15, -0.1) is 0 Å². The Morgan fingerprint density at radius 3 is 2.75 bits per heavy atom. The first-order valence-electron chi connectivity index (χ1n) is 8.73. The van der Waals surface area contributed by atoms with E-state index in [-0.39, 0.29) is 12.1 Å². The Bertz CT molecular complexity index is 579. The Morgan fingerprint density at radius 2 is 2.04 bits per heavy atom. The summed E-state index contributed by atoms with van der Waals surface area (Å²) in [7, 11) is 0. The maximum absolute atomic E-state index is 12.6. The number of hydrogen-bond donors (Lipinski definition) is 0. The summed E-state index contributed by atoms with van der Waals surface area (Å²) in [6.07, 6.45) is 3.52. The van der Waals surface area contributed by atoms with Crippen LogP contribution in [0.15, 0.2) is 18.3 Å². The van der Waals surface area contributed by atoms with Crippen LogP contribution in [-0.2, 0) is 9.47 Å². The largest absolute Gasteiger partial charge is 0.444 e. The molecular weight excluding hydrogens is 306 g/mol. The van der Waals surface area contributed by atoms with Crippen LogP contribution >= 0.6 is 0 Å². The van der Waals surface area contributed by atoms with Crippen molar-refractivity contribution in [2.45, 2.75) is 45.3 Å². The fourth-order valence-corrected chi connectivity index (χ4v) is 3.34. The molecule has 2 fully saturated rings. The van der Waals surface area contributed by atoms with E-state index in [2.05, 4.69) is 16.0 Å². The van der Waals surface area contributed by atoms with Gasteiger partial charge in [0.15, 0.2) is 0 Å². The Morgan fingerprint density at radius 1 is 1.29 bits per heavy atom. The van der Waals surface area contributed by atoms with E-state index in [0.29, 0.717) is 0 Å². The van der Waals surface area contributed by atoms with Crippen LogP contribution in [0.5, 0.6) is 0 Å². The molecule has 3 heterocycles. The van der Waals surface area contributed by atoms with Crippen LogP contribution in [0, 0.1) is 0 Å². The monoisotopic (exact) mass is 333 g/mol. The predicted molar refractivity (Wildman–Crippen MR) is 92.2 cm³/mol. The number of amides is 1. The first-order valence-corrected chi connectivity index (χ1v) is 8.73. The molecule has 0 N–H and O–H groups in total. The summed E-state index contributed by atoms with van der Waals surface area (Å²) in [5, 5.41) is 0. The number of morpholine rings is 1. The third-order valence-corrected chi connectivity index (χ3v) is 4.37. The van der Waals surface area contributed by atoms with Crippen molar-refractivity contribution in [3.8, 4) is 0 Å². The first kappa shape index (κ1) is 17.0. The molecule has 24 heavy (non-hydrogen) atoms. The van der Waals surface area contributed by atoms with Crippen LogP contribution < -0.4 is 4.90 Å². The second-order valence-electron chi connectivity index (χ2n) is 7.35. The number of ether oxygens (including phenoxy) is 2. The SMILES string of the molecule is CC(C)(C)OC(=O)N1CCCC1c1cccnc1N1CCOCC1. The van der Waals surface area contributed by atoms with Crippen molar-refractivity contribution in [2.75, 3.05) is 37.7 Å².